The summed E-state index contributed by atoms with van der Waals surface area (Å²) >= 11 is 0. The largest absolute Gasteiger partial charge is 0.453 e. The highest BCUT2D eigenvalue weighted by Gasteiger charge is 2.36. The van der Waals surface area contributed by atoms with Crippen molar-refractivity contribution in [3.63, 3.8) is 0 Å². The van der Waals surface area contributed by atoms with Gasteiger partial charge in [-0.2, -0.15) is 22.7 Å². The predicted octanol–water partition coefficient (Wildman–Crippen LogP) is 2.90. The van der Waals surface area contributed by atoms with Gasteiger partial charge in [-0.1, -0.05) is 18.2 Å². The molecule has 10 heteroatoms. The Morgan fingerprint density at radius 1 is 1.14 bits per heavy atom. The molecular formula is C18H19F3N6O. The number of morpholine rings is 1. The van der Waals surface area contributed by atoms with Crippen molar-refractivity contribution in [1.29, 1.82) is 0 Å². The molecule has 3 aromatic rings. The van der Waals surface area contributed by atoms with Crippen LogP contribution in [0.25, 0.3) is 5.78 Å². The first kappa shape index (κ1) is 18.5. The number of halogens is 3. The normalized spacial score (nSPS) is 15.2. The number of ether oxygens (including phenoxy) is 1. The van der Waals surface area contributed by atoms with Crippen molar-refractivity contribution in [2.24, 2.45) is 0 Å². The molecule has 0 unspecified atom stereocenters. The van der Waals surface area contributed by atoms with Gasteiger partial charge in [-0.25, -0.2) is 4.98 Å². The number of benzene rings is 1. The molecule has 1 N–H and O–H groups in total. The van der Waals surface area contributed by atoms with Crippen molar-refractivity contribution in [2.75, 3.05) is 36.5 Å². The van der Waals surface area contributed by atoms with Gasteiger partial charge in [-0.15, -0.1) is 5.10 Å². The van der Waals surface area contributed by atoms with Gasteiger partial charge < -0.3 is 15.0 Å². The maximum atomic E-state index is 13.0. The van der Waals surface area contributed by atoms with Gasteiger partial charge in [0.25, 0.3) is 11.6 Å². The van der Waals surface area contributed by atoms with Crippen LogP contribution in [0.5, 0.6) is 0 Å². The number of aromatic nitrogens is 4. The molecule has 0 aliphatic carbocycles. The highest BCUT2D eigenvalue weighted by Crippen LogP contribution is 2.27. The Bertz CT molecular complexity index is 981. The number of hydrogen-bond donors (Lipinski definition) is 1. The first-order chi connectivity index (χ1) is 13.4. The van der Waals surface area contributed by atoms with E-state index in [2.05, 4.69) is 25.3 Å². The fourth-order valence-corrected chi connectivity index (χ4v) is 3.19. The summed E-state index contributed by atoms with van der Waals surface area (Å²) < 4.78 is 45.4. The Labute approximate surface area is 159 Å². The number of alkyl halides is 3. The molecule has 0 spiro atoms. The van der Waals surface area contributed by atoms with E-state index in [1.165, 1.54) is 0 Å². The monoisotopic (exact) mass is 392 g/mol. The van der Waals surface area contributed by atoms with Crippen molar-refractivity contribution < 1.29 is 17.9 Å². The van der Waals surface area contributed by atoms with Crippen LogP contribution in [0.15, 0.2) is 30.3 Å². The summed E-state index contributed by atoms with van der Waals surface area (Å²) in [6.07, 6.45) is -4.62. The fraction of sp³-hybridized carbons (Fsp3) is 0.389. The molecule has 0 amide bonds. The third kappa shape index (κ3) is 3.72. The van der Waals surface area contributed by atoms with E-state index < -0.39 is 12.0 Å². The second-order valence-corrected chi connectivity index (χ2v) is 6.51. The minimum atomic E-state index is -4.62. The molecule has 148 valence electrons. The second-order valence-electron chi connectivity index (χ2n) is 6.51. The lowest BCUT2D eigenvalue weighted by atomic mass is 10.1. The molecule has 3 heterocycles. The van der Waals surface area contributed by atoms with Gasteiger partial charge in [0.2, 0.25) is 0 Å². The maximum Gasteiger partial charge on any atom is 0.453 e. The van der Waals surface area contributed by atoms with Gasteiger partial charge >= 0.3 is 6.18 Å². The molecule has 1 aliphatic heterocycles. The number of anilines is 2. The molecule has 1 fully saturated rings. The van der Waals surface area contributed by atoms with E-state index in [0.29, 0.717) is 31.3 Å². The van der Waals surface area contributed by atoms with E-state index in [4.69, 9.17) is 4.74 Å². The molecule has 28 heavy (non-hydrogen) atoms. The summed E-state index contributed by atoms with van der Waals surface area (Å²) in [5.41, 5.74) is 2.66. The summed E-state index contributed by atoms with van der Waals surface area (Å²) in [5.74, 6) is -0.888. The zero-order chi connectivity index (χ0) is 19.7. The van der Waals surface area contributed by atoms with E-state index in [-0.39, 0.29) is 5.78 Å². The van der Waals surface area contributed by atoms with E-state index in [9.17, 15) is 13.2 Å². The fourth-order valence-electron chi connectivity index (χ4n) is 3.19. The van der Waals surface area contributed by atoms with Gasteiger partial charge in [0.1, 0.15) is 5.82 Å². The number of fused-ring (bicyclic) bond motifs is 1. The van der Waals surface area contributed by atoms with Crippen LogP contribution in [0, 0.1) is 6.92 Å². The average molecular weight is 392 g/mol. The molecule has 2 aromatic heterocycles. The number of rotatable bonds is 4. The van der Waals surface area contributed by atoms with E-state index >= 15 is 0 Å². The van der Waals surface area contributed by atoms with E-state index in [0.717, 1.165) is 28.9 Å². The van der Waals surface area contributed by atoms with Crippen molar-refractivity contribution in [2.45, 2.75) is 19.6 Å². The van der Waals surface area contributed by atoms with Gasteiger partial charge in [-0.3, -0.25) is 0 Å². The quantitative estimate of drug-likeness (QED) is 0.737. The van der Waals surface area contributed by atoms with Crippen LogP contribution < -0.4 is 10.2 Å². The molecule has 0 saturated carbocycles. The highest BCUT2D eigenvalue weighted by atomic mass is 19.4. The Kier molecular flexibility index (Phi) is 4.80. The Morgan fingerprint density at radius 2 is 1.89 bits per heavy atom. The summed E-state index contributed by atoms with van der Waals surface area (Å²) in [7, 11) is 0. The van der Waals surface area contributed by atoms with Crippen LogP contribution in [-0.4, -0.2) is 45.9 Å². The predicted molar refractivity (Wildman–Crippen MR) is 97.3 cm³/mol. The summed E-state index contributed by atoms with van der Waals surface area (Å²) in [6.45, 7) is 5.07. The number of nitrogens with one attached hydrogen (secondary N) is 1. The highest BCUT2D eigenvalue weighted by molar-refractivity contribution is 5.56. The number of para-hydroxylation sites is 1. The molecule has 1 saturated heterocycles. The van der Waals surface area contributed by atoms with Crippen molar-refractivity contribution >= 4 is 17.3 Å². The van der Waals surface area contributed by atoms with E-state index in [1.54, 1.807) is 13.0 Å². The Balaban J connectivity index is 1.62. The van der Waals surface area contributed by atoms with Gasteiger partial charge in [0.05, 0.1) is 13.2 Å². The summed E-state index contributed by atoms with van der Waals surface area (Å²) in [6, 6.07) is 9.58. The maximum absolute atomic E-state index is 13.0. The minimum absolute atomic E-state index is 0.0868. The molecule has 1 aromatic carbocycles. The molecule has 0 radical (unpaired) electrons. The Hall–Kier alpha value is -2.88. The van der Waals surface area contributed by atoms with E-state index in [1.807, 2.05) is 24.3 Å². The lowest BCUT2D eigenvalue weighted by Crippen LogP contribution is -2.36. The first-order valence-corrected chi connectivity index (χ1v) is 8.88. The van der Waals surface area contributed by atoms with Crippen LogP contribution in [-0.2, 0) is 17.5 Å². The van der Waals surface area contributed by atoms with Crippen LogP contribution in [0.4, 0.5) is 24.7 Å². The third-order valence-electron chi connectivity index (χ3n) is 4.50. The van der Waals surface area contributed by atoms with Crippen LogP contribution in [0.1, 0.15) is 17.1 Å². The van der Waals surface area contributed by atoms with Gasteiger partial charge in [-0.05, 0) is 18.6 Å². The third-order valence-corrected chi connectivity index (χ3v) is 4.50. The molecule has 0 atom stereocenters. The molecule has 1 aliphatic rings. The molecular weight excluding hydrogens is 373 g/mol. The average Bonchev–Trinajstić information content (AvgIpc) is 3.11. The lowest BCUT2D eigenvalue weighted by Gasteiger charge is -2.30. The zero-order valence-electron chi connectivity index (χ0n) is 15.2. The number of hydrogen-bond acceptors (Lipinski definition) is 6. The molecule has 4 rings (SSSR count). The SMILES string of the molecule is Cc1cc(NCc2ccccc2N2CCOCC2)n2nc(C(F)(F)F)nc2n1. The minimum Gasteiger partial charge on any atom is -0.378 e. The van der Waals surface area contributed by atoms with Crippen molar-refractivity contribution in [1.82, 2.24) is 19.6 Å². The van der Waals surface area contributed by atoms with Crippen LogP contribution in [0.3, 0.4) is 0 Å². The van der Waals surface area contributed by atoms with Crippen molar-refractivity contribution in [3.8, 4) is 0 Å². The number of nitrogens with zero attached hydrogens (tertiary/aromatic N) is 5. The first-order valence-electron chi connectivity index (χ1n) is 8.88. The van der Waals surface area contributed by atoms with Crippen LogP contribution in [0.2, 0.25) is 0 Å². The number of aryl methyl sites for hydroxylation is 1. The van der Waals surface area contributed by atoms with Gasteiger partial charge in [0, 0.05) is 37.1 Å². The smallest absolute Gasteiger partial charge is 0.378 e. The summed E-state index contributed by atoms with van der Waals surface area (Å²) in [5, 5.41) is 6.76. The second kappa shape index (κ2) is 7.27. The van der Waals surface area contributed by atoms with Gasteiger partial charge in [0.15, 0.2) is 0 Å². The van der Waals surface area contributed by atoms with Crippen LogP contribution >= 0.6 is 0 Å². The summed E-state index contributed by atoms with van der Waals surface area (Å²) in [4.78, 5) is 9.79. The zero-order valence-corrected chi connectivity index (χ0v) is 15.2. The molecule has 7 nitrogen and oxygen atoms in total. The van der Waals surface area contributed by atoms with Crippen molar-refractivity contribution in [3.05, 3.63) is 47.4 Å². The Morgan fingerprint density at radius 3 is 2.64 bits per heavy atom. The topological polar surface area (TPSA) is 67.6 Å². The lowest BCUT2D eigenvalue weighted by molar-refractivity contribution is -0.144. The standard InChI is InChI=1S/C18H19F3N6O/c1-12-10-15(27-17(23-12)24-16(25-27)18(19,20)21)22-11-13-4-2-3-5-14(13)26-6-8-28-9-7-26/h2-5,10,22H,6-9,11H2,1H3. The molecule has 0 bridgehead atoms.